The van der Waals surface area contributed by atoms with Crippen molar-refractivity contribution in [2.24, 2.45) is 10.9 Å². The Balaban J connectivity index is 1.83. The Hall–Kier alpha value is -1.63. The van der Waals surface area contributed by atoms with Crippen LogP contribution in [0.4, 0.5) is 0 Å². The van der Waals surface area contributed by atoms with Crippen LogP contribution >= 0.6 is 0 Å². The van der Waals surface area contributed by atoms with Gasteiger partial charge in [0.05, 0.1) is 6.61 Å². The molecule has 19 heavy (non-hydrogen) atoms. The summed E-state index contributed by atoms with van der Waals surface area (Å²) < 4.78 is 5.18. The van der Waals surface area contributed by atoms with Crippen molar-refractivity contribution in [3.8, 4) is 0 Å². The maximum absolute atomic E-state index is 10.1. The summed E-state index contributed by atoms with van der Waals surface area (Å²) >= 11 is 0. The molecule has 104 valence electrons. The van der Waals surface area contributed by atoms with Gasteiger partial charge < -0.3 is 26.1 Å². The van der Waals surface area contributed by atoms with E-state index >= 15 is 0 Å². The number of nitrogens with one attached hydrogen (secondary N) is 1. The topological polar surface area (TPSA) is 100 Å². The van der Waals surface area contributed by atoms with E-state index in [9.17, 15) is 5.11 Å². The number of oxime groups is 1. The number of aliphatic hydroxyl groups is 1. The molecule has 0 amide bonds. The summed E-state index contributed by atoms with van der Waals surface area (Å²) in [6, 6.07) is 7.38. The predicted octanol–water partition coefficient (Wildman–Crippen LogP) is 0.0221. The monoisotopic (exact) mass is 265 g/mol. The van der Waals surface area contributed by atoms with Gasteiger partial charge in [-0.2, -0.15) is 0 Å². The number of hydrogen-bond donors (Lipinski definition) is 4. The van der Waals surface area contributed by atoms with E-state index in [-0.39, 0.29) is 5.84 Å². The lowest BCUT2D eigenvalue weighted by molar-refractivity contribution is 0.0268. The molecular weight excluding hydrogens is 246 g/mol. The Morgan fingerprint density at radius 2 is 2.16 bits per heavy atom. The fraction of sp³-hybridized carbons (Fsp3) is 0.462. The van der Waals surface area contributed by atoms with Crippen molar-refractivity contribution in [1.29, 1.82) is 0 Å². The molecule has 1 heterocycles. The van der Waals surface area contributed by atoms with Crippen LogP contribution in [-0.4, -0.2) is 41.5 Å². The van der Waals surface area contributed by atoms with Crippen LogP contribution in [0.25, 0.3) is 0 Å². The summed E-state index contributed by atoms with van der Waals surface area (Å²) in [6.45, 7) is 2.17. The highest BCUT2D eigenvalue weighted by Gasteiger charge is 2.31. The van der Waals surface area contributed by atoms with E-state index < -0.39 is 5.60 Å². The molecule has 6 heteroatoms. The highest BCUT2D eigenvalue weighted by Crippen LogP contribution is 2.17. The molecule has 0 bridgehead atoms. The number of ether oxygens (including phenoxy) is 1. The molecule has 0 radical (unpaired) electrons. The Bertz CT molecular complexity index is 439. The van der Waals surface area contributed by atoms with E-state index in [4.69, 9.17) is 15.7 Å². The van der Waals surface area contributed by atoms with Crippen molar-refractivity contribution in [2.45, 2.75) is 18.6 Å². The zero-order valence-electron chi connectivity index (χ0n) is 10.7. The van der Waals surface area contributed by atoms with Gasteiger partial charge in [-0.1, -0.05) is 29.4 Å². The molecule has 1 atom stereocenters. The summed E-state index contributed by atoms with van der Waals surface area (Å²) in [4.78, 5) is 0. The van der Waals surface area contributed by atoms with E-state index in [1.54, 1.807) is 12.1 Å². The van der Waals surface area contributed by atoms with Crippen LogP contribution < -0.4 is 11.1 Å². The quantitative estimate of drug-likeness (QED) is 0.260. The predicted molar refractivity (Wildman–Crippen MR) is 71.0 cm³/mol. The summed E-state index contributed by atoms with van der Waals surface area (Å²) in [5.74, 6) is 0.0944. The molecule has 5 N–H and O–H groups in total. The highest BCUT2D eigenvalue weighted by molar-refractivity contribution is 5.96. The van der Waals surface area contributed by atoms with E-state index in [1.807, 2.05) is 12.1 Å². The number of amidine groups is 1. The number of nitrogens with zero attached hydrogens (tertiary/aromatic N) is 1. The first-order valence-electron chi connectivity index (χ1n) is 6.21. The van der Waals surface area contributed by atoms with Crippen molar-refractivity contribution >= 4 is 5.84 Å². The van der Waals surface area contributed by atoms with Crippen LogP contribution in [0.5, 0.6) is 0 Å². The van der Waals surface area contributed by atoms with Crippen molar-refractivity contribution in [2.75, 3.05) is 19.8 Å². The number of nitrogens with two attached hydrogens (primary N) is 1. The molecule has 0 spiro atoms. The molecule has 1 aromatic carbocycles. The smallest absolute Gasteiger partial charge is 0.170 e. The van der Waals surface area contributed by atoms with Crippen LogP contribution in [0.3, 0.4) is 0 Å². The SMILES string of the molecule is N/C(=N/O)c1ccc(CNCC2(O)CCOC2)cc1. The van der Waals surface area contributed by atoms with Crippen molar-refractivity contribution < 1.29 is 15.1 Å². The van der Waals surface area contributed by atoms with Crippen LogP contribution in [0.2, 0.25) is 0 Å². The van der Waals surface area contributed by atoms with Gasteiger partial charge in [-0.15, -0.1) is 0 Å². The standard InChI is InChI=1S/C13H19N3O3/c14-12(16-18)11-3-1-10(2-4-11)7-15-8-13(17)5-6-19-9-13/h1-4,15,17-18H,5-9H2,(H2,14,16). The normalized spacial score (nSPS) is 23.7. The third-order valence-electron chi connectivity index (χ3n) is 3.22. The molecule has 1 saturated heterocycles. The second-order valence-electron chi connectivity index (χ2n) is 4.81. The van der Waals surface area contributed by atoms with Crippen molar-refractivity contribution in [3.63, 3.8) is 0 Å². The molecule has 0 saturated carbocycles. The lowest BCUT2D eigenvalue weighted by Gasteiger charge is -2.20. The van der Waals surface area contributed by atoms with Gasteiger partial charge in [-0.05, 0) is 5.56 Å². The van der Waals surface area contributed by atoms with Gasteiger partial charge in [-0.25, -0.2) is 0 Å². The minimum Gasteiger partial charge on any atom is -0.409 e. The molecule has 1 fully saturated rings. The van der Waals surface area contributed by atoms with Crippen LogP contribution in [0.1, 0.15) is 17.5 Å². The van der Waals surface area contributed by atoms with Gasteiger partial charge in [0.1, 0.15) is 5.60 Å². The van der Waals surface area contributed by atoms with Gasteiger partial charge in [0, 0.05) is 31.7 Å². The second-order valence-corrected chi connectivity index (χ2v) is 4.81. The largest absolute Gasteiger partial charge is 0.409 e. The van der Waals surface area contributed by atoms with Gasteiger partial charge in [0.25, 0.3) is 0 Å². The minimum absolute atomic E-state index is 0.0944. The Labute approximate surface area is 111 Å². The number of hydrogen-bond acceptors (Lipinski definition) is 5. The maximum atomic E-state index is 10.1. The number of rotatable bonds is 5. The van der Waals surface area contributed by atoms with Crippen LogP contribution in [0.15, 0.2) is 29.4 Å². The lowest BCUT2D eigenvalue weighted by Crippen LogP contribution is -2.40. The van der Waals surface area contributed by atoms with Crippen LogP contribution in [0, 0.1) is 0 Å². The first kappa shape index (κ1) is 13.8. The molecule has 6 nitrogen and oxygen atoms in total. The average Bonchev–Trinajstić information content (AvgIpc) is 2.86. The van der Waals surface area contributed by atoms with E-state index in [2.05, 4.69) is 10.5 Å². The molecule has 0 aromatic heterocycles. The van der Waals surface area contributed by atoms with E-state index in [1.165, 1.54) is 0 Å². The van der Waals surface area contributed by atoms with Crippen LogP contribution in [-0.2, 0) is 11.3 Å². The first-order valence-corrected chi connectivity index (χ1v) is 6.21. The molecule has 1 aliphatic heterocycles. The van der Waals surface area contributed by atoms with Gasteiger partial charge in [-0.3, -0.25) is 0 Å². The minimum atomic E-state index is -0.742. The highest BCUT2D eigenvalue weighted by atomic mass is 16.5. The third-order valence-corrected chi connectivity index (χ3v) is 3.22. The fourth-order valence-electron chi connectivity index (χ4n) is 2.03. The zero-order chi connectivity index (χ0) is 13.7. The summed E-state index contributed by atoms with van der Waals surface area (Å²) in [5.41, 5.74) is 6.48. The Morgan fingerprint density at radius 1 is 1.42 bits per heavy atom. The van der Waals surface area contributed by atoms with Crippen molar-refractivity contribution in [1.82, 2.24) is 5.32 Å². The van der Waals surface area contributed by atoms with E-state index in [0.717, 1.165) is 5.56 Å². The third kappa shape index (κ3) is 3.66. The summed E-state index contributed by atoms with van der Waals surface area (Å²) in [6.07, 6.45) is 0.669. The second kappa shape index (κ2) is 6.01. The molecule has 2 rings (SSSR count). The van der Waals surface area contributed by atoms with Gasteiger partial charge in [0.15, 0.2) is 5.84 Å². The van der Waals surface area contributed by atoms with Gasteiger partial charge >= 0.3 is 0 Å². The Morgan fingerprint density at radius 3 is 2.74 bits per heavy atom. The fourth-order valence-corrected chi connectivity index (χ4v) is 2.03. The summed E-state index contributed by atoms with van der Waals surface area (Å²) in [5, 5.41) is 24.8. The molecule has 1 aromatic rings. The van der Waals surface area contributed by atoms with Gasteiger partial charge in [0.2, 0.25) is 0 Å². The Kier molecular flexibility index (Phi) is 4.36. The molecule has 1 aliphatic rings. The molecular formula is C13H19N3O3. The zero-order valence-corrected chi connectivity index (χ0v) is 10.7. The van der Waals surface area contributed by atoms with Crippen molar-refractivity contribution in [3.05, 3.63) is 35.4 Å². The first-order chi connectivity index (χ1) is 9.13. The number of benzene rings is 1. The summed E-state index contributed by atoms with van der Waals surface area (Å²) in [7, 11) is 0. The van der Waals surface area contributed by atoms with E-state index in [0.29, 0.717) is 38.3 Å². The molecule has 1 unspecified atom stereocenters. The lowest BCUT2D eigenvalue weighted by atomic mass is 10.0. The average molecular weight is 265 g/mol. The molecule has 0 aliphatic carbocycles. The maximum Gasteiger partial charge on any atom is 0.170 e.